The van der Waals surface area contributed by atoms with Crippen LogP contribution in [0, 0.1) is 0 Å². The summed E-state index contributed by atoms with van der Waals surface area (Å²) in [6.45, 7) is 2.78. The highest BCUT2D eigenvalue weighted by atomic mass is 35.5. The average molecular weight is 389 g/mol. The molecule has 0 bridgehead atoms. The number of fused-ring (bicyclic) bond motifs is 2. The van der Waals surface area contributed by atoms with Crippen LogP contribution in [0.1, 0.15) is 5.56 Å². The molecular formula is C16H21ClN2O5S. The van der Waals surface area contributed by atoms with Gasteiger partial charge in [-0.2, -0.15) is 0 Å². The number of hydrogen-bond donors (Lipinski definition) is 1. The van der Waals surface area contributed by atoms with Gasteiger partial charge in [-0.1, -0.05) is 11.6 Å². The molecule has 1 N–H and O–H groups in total. The highest BCUT2D eigenvalue weighted by Gasteiger charge is 2.46. The lowest BCUT2D eigenvalue weighted by molar-refractivity contribution is 0.0307. The number of nitrogens with zero attached hydrogens (tertiary/aromatic N) is 2. The van der Waals surface area contributed by atoms with E-state index < -0.39 is 9.84 Å². The molecule has 1 aromatic rings. The van der Waals surface area contributed by atoms with Crippen LogP contribution in [0.25, 0.3) is 0 Å². The summed E-state index contributed by atoms with van der Waals surface area (Å²) < 4.78 is 35.1. The van der Waals surface area contributed by atoms with E-state index in [0.717, 1.165) is 18.7 Å². The van der Waals surface area contributed by atoms with E-state index in [4.69, 9.17) is 21.1 Å². The Morgan fingerprint density at radius 2 is 1.76 bits per heavy atom. The van der Waals surface area contributed by atoms with Gasteiger partial charge in [0.1, 0.15) is 0 Å². The Labute approximate surface area is 152 Å². The first kappa shape index (κ1) is 17.4. The number of aliphatic hydroxyl groups excluding tert-OH is 1. The number of halogens is 1. The van der Waals surface area contributed by atoms with Gasteiger partial charge in [0.2, 0.25) is 6.79 Å². The molecular weight excluding hydrogens is 368 g/mol. The zero-order valence-electron chi connectivity index (χ0n) is 13.7. The van der Waals surface area contributed by atoms with E-state index in [1.54, 1.807) is 6.07 Å². The van der Waals surface area contributed by atoms with Gasteiger partial charge in [-0.15, -0.1) is 0 Å². The molecule has 0 saturated carbocycles. The first-order chi connectivity index (χ1) is 12.0. The molecule has 2 unspecified atom stereocenters. The number of rotatable bonds is 4. The number of aliphatic hydroxyl groups is 1. The van der Waals surface area contributed by atoms with E-state index >= 15 is 0 Å². The molecule has 0 amide bonds. The van der Waals surface area contributed by atoms with Gasteiger partial charge in [0, 0.05) is 49.4 Å². The van der Waals surface area contributed by atoms with Crippen molar-refractivity contribution in [3.8, 4) is 11.5 Å². The summed E-state index contributed by atoms with van der Waals surface area (Å²) >= 11 is 6.38. The van der Waals surface area contributed by atoms with Gasteiger partial charge >= 0.3 is 0 Å². The Hall–Kier alpha value is -1.06. The van der Waals surface area contributed by atoms with Crippen LogP contribution in [0.3, 0.4) is 0 Å². The highest BCUT2D eigenvalue weighted by Crippen LogP contribution is 2.38. The number of ether oxygens (including phenoxy) is 2. The summed E-state index contributed by atoms with van der Waals surface area (Å²) in [6, 6.07) is 3.48. The maximum absolute atomic E-state index is 12.2. The minimum Gasteiger partial charge on any atom is -0.454 e. The molecule has 4 rings (SSSR count). The largest absolute Gasteiger partial charge is 0.454 e. The van der Waals surface area contributed by atoms with Crippen molar-refractivity contribution in [1.29, 1.82) is 0 Å². The van der Waals surface area contributed by atoms with Crippen LogP contribution in [0.5, 0.6) is 11.5 Å². The van der Waals surface area contributed by atoms with Crippen LogP contribution in [0.4, 0.5) is 0 Å². The van der Waals surface area contributed by atoms with Crippen molar-refractivity contribution >= 4 is 21.4 Å². The fourth-order valence-corrected chi connectivity index (χ4v) is 6.25. The fourth-order valence-electron chi connectivity index (χ4n) is 4.00. The lowest BCUT2D eigenvalue weighted by atomic mass is 10.0. The van der Waals surface area contributed by atoms with Crippen molar-refractivity contribution < 1.29 is 23.0 Å². The van der Waals surface area contributed by atoms with Crippen LogP contribution < -0.4 is 9.47 Å². The second-order valence-electron chi connectivity index (χ2n) is 6.74. The van der Waals surface area contributed by atoms with Crippen LogP contribution in [-0.2, 0) is 16.4 Å². The minimum atomic E-state index is -3.07. The monoisotopic (exact) mass is 388 g/mol. The van der Waals surface area contributed by atoms with Gasteiger partial charge in [-0.3, -0.25) is 9.80 Å². The second-order valence-corrected chi connectivity index (χ2v) is 9.30. The number of piperazine rings is 1. The lowest BCUT2D eigenvalue weighted by Crippen LogP contribution is -2.59. The minimum absolute atomic E-state index is 0.0389. The first-order valence-corrected chi connectivity index (χ1v) is 10.5. The molecule has 3 aliphatic rings. The molecule has 7 nitrogen and oxygen atoms in total. The molecule has 25 heavy (non-hydrogen) atoms. The number of benzene rings is 1. The zero-order valence-corrected chi connectivity index (χ0v) is 15.3. The number of β-amino-alcohol motifs (C(OH)–C–C–N with tert-alkyl or cyclic N) is 1. The van der Waals surface area contributed by atoms with Gasteiger partial charge < -0.3 is 14.6 Å². The average Bonchev–Trinajstić information content (AvgIpc) is 3.12. The molecule has 9 heteroatoms. The molecule has 2 fully saturated rings. The normalized spacial score (nSPS) is 28.2. The lowest BCUT2D eigenvalue weighted by Gasteiger charge is -2.43. The first-order valence-electron chi connectivity index (χ1n) is 8.34. The van der Waals surface area contributed by atoms with Crippen LogP contribution in [0.15, 0.2) is 12.1 Å². The molecule has 0 aromatic heterocycles. The summed E-state index contributed by atoms with van der Waals surface area (Å²) in [7, 11) is -3.07. The quantitative estimate of drug-likeness (QED) is 0.797. The summed E-state index contributed by atoms with van der Waals surface area (Å²) in [5.74, 6) is 1.63. The second kappa shape index (κ2) is 6.59. The van der Waals surface area contributed by atoms with Gasteiger partial charge in [-0.25, -0.2) is 8.42 Å². The standard InChI is InChI=1S/C16H21ClN2O5S/c17-12-6-16-15(23-10-24-16)5-11(12)7-19-2-1-18(3-4-20)13-8-25(21,22)9-14(13)19/h5-6,13-14,20H,1-4,7-10H2. The van der Waals surface area contributed by atoms with Gasteiger partial charge in [-0.05, 0) is 11.6 Å². The number of hydrogen-bond acceptors (Lipinski definition) is 7. The fraction of sp³-hybridized carbons (Fsp3) is 0.625. The third-order valence-corrected chi connectivity index (χ3v) is 7.26. The molecule has 0 aliphatic carbocycles. The Bertz CT molecular complexity index is 772. The van der Waals surface area contributed by atoms with E-state index in [0.29, 0.717) is 29.6 Å². The molecule has 3 aliphatic heterocycles. The SMILES string of the molecule is O=S1(=O)CC2C(C1)N(Cc1cc3c(cc1Cl)OCO3)CCN2CCO. The summed E-state index contributed by atoms with van der Waals surface area (Å²) in [6.07, 6.45) is 0. The van der Waals surface area contributed by atoms with Crippen LogP contribution in [0.2, 0.25) is 5.02 Å². The molecule has 3 heterocycles. The molecule has 1 aromatic carbocycles. The molecule has 2 atom stereocenters. The van der Waals surface area contributed by atoms with Crippen molar-refractivity contribution in [2.45, 2.75) is 18.6 Å². The van der Waals surface area contributed by atoms with E-state index in [2.05, 4.69) is 9.80 Å². The predicted octanol–water partition coefficient (Wildman–Crippen LogP) is 0.344. The summed E-state index contributed by atoms with van der Waals surface area (Å²) in [4.78, 5) is 4.28. The topological polar surface area (TPSA) is 79.3 Å². The third kappa shape index (κ3) is 3.33. The van der Waals surface area contributed by atoms with Crippen molar-refractivity contribution in [3.63, 3.8) is 0 Å². The van der Waals surface area contributed by atoms with Crippen molar-refractivity contribution in [3.05, 3.63) is 22.7 Å². The third-order valence-electron chi connectivity index (χ3n) is 5.21. The summed E-state index contributed by atoms with van der Waals surface area (Å²) in [5.41, 5.74) is 0.907. The van der Waals surface area contributed by atoms with Crippen molar-refractivity contribution in [2.24, 2.45) is 0 Å². The smallest absolute Gasteiger partial charge is 0.231 e. The summed E-state index contributed by atoms with van der Waals surface area (Å²) in [5, 5.41) is 9.84. The Balaban J connectivity index is 1.57. The molecule has 138 valence electrons. The molecule has 0 radical (unpaired) electrons. The van der Waals surface area contributed by atoms with Crippen molar-refractivity contribution in [2.75, 3.05) is 44.5 Å². The van der Waals surface area contributed by atoms with Gasteiger partial charge in [0.25, 0.3) is 0 Å². The van der Waals surface area contributed by atoms with Crippen LogP contribution in [-0.4, -0.2) is 79.9 Å². The van der Waals surface area contributed by atoms with Gasteiger partial charge in [0.15, 0.2) is 21.3 Å². The van der Waals surface area contributed by atoms with Crippen LogP contribution >= 0.6 is 11.6 Å². The maximum atomic E-state index is 12.2. The Kier molecular flexibility index (Phi) is 4.57. The van der Waals surface area contributed by atoms with E-state index in [1.165, 1.54) is 0 Å². The van der Waals surface area contributed by atoms with Gasteiger partial charge in [0.05, 0.1) is 18.1 Å². The Morgan fingerprint density at radius 1 is 1.12 bits per heavy atom. The van der Waals surface area contributed by atoms with Crippen molar-refractivity contribution in [1.82, 2.24) is 9.80 Å². The highest BCUT2D eigenvalue weighted by molar-refractivity contribution is 7.91. The molecule has 0 spiro atoms. The Morgan fingerprint density at radius 3 is 2.48 bits per heavy atom. The van der Waals surface area contributed by atoms with E-state index in [9.17, 15) is 13.5 Å². The van der Waals surface area contributed by atoms with E-state index in [-0.39, 0.29) is 37.0 Å². The maximum Gasteiger partial charge on any atom is 0.231 e. The zero-order chi connectivity index (χ0) is 17.6. The molecule has 2 saturated heterocycles. The predicted molar refractivity (Wildman–Crippen MR) is 92.9 cm³/mol. The number of sulfone groups is 1. The van der Waals surface area contributed by atoms with E-state index in [1.807, 2.05) is 6.07 Å².